The standard InChI is InChI=1S/C15H24N4OS/c1-4-13(14-16-7-10-21-14)18-15-17-12(3)11-19(15)8-6-9-20-5-2/h7,10-11,13H,4-6,8-9H2,1-3H3,(H,17,18). The molecule has 0 saturated heterocycles. The molecule has 2 heterocycles. The summed E-state index contributed by atoms with van der Waals surface area (Å²) in [4.78, 5) is 9.00. The first-order chi connectivity index (χ1) is 10.2. The van der Waals surface area contributed by atoms with Crippen LogP contribution in [0.1, 0.15) is 43.4 Å². The van der Waals surface area contributed by atoms with Crippen LogP contribution < -0.4 is 5.32 Å². The smallest absolute Gasteiger partial charge is 0.203 e. The molecule has 1 N–H and O–H groups in total. The van der Waals surface area contributed by atoms with E-state index in [0.29, 0.717) is 0 Å². The summed E-state index contributed by atoms with van der Waals surface area (Å²) in [6.45, 7) is 8.68. The van der Waals surface area contributed by atoms with Crippen molar-refractivity contribution in [1.82, 2.24) is 14.5 Å². The molecule has 0 bridgehead atoms. The number of aryl methyl sites for hydroxylation is 2. The molecule has 0 aromatic carbocycles. The highest BCUT2D eigenvalue weighted by molar-refractivity contribution is 7.09. The lowest BCUT2D eigenvalue weighted by molar-refractivity contribution is 0.142. The highest BCUT2D eigenvalue weighted by Crippen LogP contribution is 2.24. The predicted molar refractivity (Wildman–Crippen MR) is 86.8 cm³/mol. The zero-order valence-electron chi connectivity index (χ0n) is 13.0. The molecular weight excluding hydrogens is 284 g/mol. The van der Waals surface area contributed by atoms with Crippen molar-refractivity contribution in [2.75, 3.05) is 18.5 Å². The highest BCUT2D eigenvalue weighted by atomic mass is 32.1. The Morgan fingerprint density at radius 3 is 2.95 bits per heavy atom. The van der Waals surface area contributed by atoms with Crippen molar-refractivity contribution in [1.29, 1.82) is 0 Å². The fraction of sp³-hybridized carbons (Fsp3) is 0.600. The fourth-order valence-corrected chi connectivity index (χ4v) is 2.99. The minimum absolute atomic E-state index is 0.220. The topological polar surface area (TPSA) is 52.0 Å². The summed E-state index contributed by atoms with van der Waals surface area (Å²) < 4.78 is 7.57. The number of imidazole rings is 1. The molecule has 0 aliphatic carbocycles. The van der Waals surface area contributed by atoms with Crippen LogP contribution in [-0.4, -0.2) is 27.7 Å². The van der Waals surface area contributed by atoms with Crippen molar-refractivity contribution in [3.05, 3.63) is 28.5 Å². The van der Waals surface area contributed by atoms with E-state index in [1.807, 2.05) is 25.4 Å². The first kappa shape index (κ1) is 16.0. The molecule has 0 aliphatic heterocycles. The summed E-state index contributed by atoms with van der Waals surface area (Å²) in [6.07, 6.45) is 5.91. The summed E-state index contributed by atoms with van der Waals surface area (Å²) in [5.74, 6) is 0.922. The summed E-state index contributed by atoms with van der Waals surface area (Å²) in [6, 6.07) is 0.220. The Balaban J connectivity index is 2.01. The number of ether oxygens (including phenoxy) is 1. The third-order valence-corrected chi connectivity index (χ3v) is 4.14. The van der Waals surface area contributed by atoms with Gasteiger partial charge in [0.15, 0.2) is 0 Å². The van der Waals surface area contributed by atoms with Gasteiger partial charge in [0.25, 0.3) is 0 Å². The molecule has 2 rings (SSSR count). The average molecular weight is 308 g/mol. The molecule has 1 atom stereocenters. The Labute approximate surface area is 130 Å². The number of aromatic nitrogens is 3. The molecule has 0 aliphatic rings. The van der Waals surface area contributed by atoms with Crippen LogP contribution in [-0.2, 0) is 11.3 Å². The first-order valence-corrected chi connectivity index (χ1v) is 8.40. The van der Waals surface area contributed by atoms with Gasteiger partial charge in [0, 0.05) is 37.5 Å². The zero-order chi connectivity index (χ0) is 15.1. The van der Waals surface area contributed by atoms with Gasteiger partial charge in [0.05, 0.1) is 11.7 Å². The van der Waals surface area contributed by atoms with E-state index < -0.39 is 0 Å². The van der Waals surface area contributed by atoms with Crippen molar-refractivity contribution in [2.45, 2.75) is 46.2 Å². The monoisotopic (exact) mass is 308 g/mol. The third-order valence-electron chi connectivity index (χ3n) is 3.25. The molecule has 0 radical (unpaired) electrons. The molecule has 1 unspecified atom stereocenters. The minimum atomic E-state index is 0.220. The maximum absolute atomic E-state index is 5.40. The van der Waals surface area contributed by atoms with Gasteiger partial charge in [0.1, 0.15) is 5.01 Å². The summed E-state index contributed by atoms with van der Waals surface area (Å²) in [5, 5.41) is 6.64. The van der Waals surface area contributed by atoms with E-state index in [9.17, 15) is 0 Å². The maximum atomic E-state index is 5.40. The van der Waals surface area contributed by atoms with Gasteiger partial charge in [-0.3, -0.25) is 0 Å². The summed E-state index contributed by atoms with van der Waals surface area (Å²) in [5.41, 5.74) is 1.03. The van der Waals surface area contributed by atoms with Crippen molar-refractivity contribution < 1.29 is 4.74 Å². The van der Waals surface area contributed by atoms with Crippen LogP contribution in [0.2, 0.25) is 0 Å². The largest absolute Gasteiger partial charge is 0.382 e. The Bertz CT molecular complexity index is 524. The van der Waals surface area contributed by atoms with Crippen LogP contribution in [0.25, 0.3) is 0 Å². The number of thiazole rings is 1. The van der Waals surface area contributed by atoms with Gasteiger partial charge in [-0.2, -0.15) is 0 Å². The number of hydrogen-bond donors (Lipinski definition) is 1. The van der Waals surface area contributed by atoms with Gasteiger partial charge in [-0.25, -0.2) is 9.97 Å². The SMILES string of the molecule is CCOCCCn1cc(C)nc1NC(CC)c1nccs1. The molecule has 5 nitrogen and oxygen atoms in total. The summed E-state index contributed by atoms with van der Waals surface area (Å²) in [7, 11) is 0. The van der Waals surface area contributed by atoms with E-state index in [0.717, 1.165) is 49.3 Å². The second kappa shape index (κ2) is 8.14. The number of rotatable bonds is 9. The Kier molecular flexibility index (Phi) is 6.20. The number of nitrogens with one attached hydrogen (secondary N) is 1. The van der Waals surface area contributed by atoms with Gasteiger partial charge < -0.3 is 14.6 Å². The number of hydrogen-bond acceptors (Lipinski definition) is 5. The van der Waals surface area contributed by atoms with Crippen molar-refractivity contribution in [3.8, 4) is 0 Å². The number of nitrogens with zero attached hydrogens (tertiary/aromatic N) is 3. The minimum Gasteiger partial charge on any atom is -0.382 e. The lowest BCUT2D eigenvalue weighted by Crippen LogP contribution is -2.14. The molecule has 6 heteroatoms. The first-order valence-electron chi connectivity index (χ1n) is 7.52. The van der Waals surface area contributed by atoms with Gasteiger partial charge in [-0.1, -0.05) is 6.92 Å². The van der Waals surface area contributed by atoms with Crippen LogP contribution >= 0.6 is 11.3 Å². The van der Waals surface area contributed by atoms with E-state index >= 15 is 0 Å². The Hall–Kier alpha value is -1.40. The molecule has 0 spiro atoms. The lowest BCUT2D eigenvalue weighted by Gasteiger charge is -2.16. The third kappa shape index (κ3) is 4.54. The molecular formula is C15H24N4OS. The number of anilines is 1. The normalized spacial score (nSPS) is 12.5. The van der Waals surface area contributed by atoms with Crippen LogP contribution in [0.3, 0.4) is 0 Å². The average Bonchev–Trinajstić information content (AvgIpc) is 3.11. The second-order valence-corrected chi connectivity index (χ2v) is 5.85. The van der Waals surface area contributed by atoms with E-state index in [1.54, 1.807) is 11.3 Å². The second-order valence-electron chi connectivity index (χ2n) is 4.93. The molecule has 0 fully saturated rings. The van der Waals surface area contributed by atoms with Crippen molar-refractivity contribution in [3.63, 3.8) is 0 Å². The zero-order valence-corrected chi connectivity index (χ0v) is 13.8. The molecule has 0 amide bonds. The molecule has 2 aromatic rings. The van der Waals surface area contributed by atoms with Crippen LogP contribution in [0.4, 0.5) is 5.95 Å². The van der Waals surface area contributed by atoms with E-state index in [-0.39, 0.29) is 6.04 Å². The van der Waals surface area contributed by atoms with E-state index in [4.69, 9.17) is 4.74 Å². The maximum Gasteiger partial charge on any atom is 0.203 e. The molecule has 0 saturated carbocycles. The van der Waals surface area contributed by atoms with Gasteiger partial charge in [-0.05, 0) is 26.7 Å². The highest BCUT2D eigenvalue weighted by Gasteiger charge is 2.15. The Morgan fingerprint density at radius 1 is 1.43 bits per heavy atom. The molecule has 116 valence electrons. The van der Waals surface area contributed by atoms with E-state index in [1.165, 1.54) is 0 Å². The van der Waals surface area contributed by atoms with Gasteiger partial charge in [-0.15, -0.1) is 11.3 Å². The lowest BCUT2D eigenvalue weighted by atomic mass is 10.2. The van der Waals surface area contributed by atoms with Crippen molar-refractivity contribution >= 4 is 17.3 Å². The van der Waals surface area contributed by atoms with Crippen LogP contribution in [0.5, 0.6) is 0 Å². The Morgan fingerprint density at radius 2 is 2.29 bits per heavy atom. The van der Waals surface area contributed by atoms with E-state index in [2.05, 4.69) is 33.0 Å². The summed E-state index contributed by atoms with van der Waals surface area (Å²) >= 11 is 1.68. The van der Waals surface area contributed by atoms with Gasteiger partial charge in [0.2, 0.25) is 5.95 Å². The molecule has 21 heavy (non-hydrogen) atoms. The quantitative estimate of drug-likeness (QED) is 0.719. The predicted octanol–water partition coefficient (Wildman–Crippen LogP) is 3.64. The fourth-order valence-electron chi connectivity index (χ4n) is 2.21. The van der Waals surface area contributed by atoms with Gasteiger partial charge >= 0.3 is 0 Å². The van der Waals surface area contributed by atoms with Crippen LogP contribution in [0.15, 0.2) is 17.8 Å². The van der Waals surface area contributed by atoms with Crippen LogP contribution in [0, 0.1) is 6.92 Å². The van der Waals surface area contributed by atoms with Crippen molar-refractivity contribution in [2.24, 2.45) is 0 Å². The molecule has 2 aromatic heterocycles.